The molecule has 0 radical (unpaired) electrons. The molecule has 1 aliphatic heterocycles. The maximum Gasteiger partial charge on any atom is 0.0629 e. The van der Waals surface area contributed by atoms with Crippen molar-refractivity contribution in [1.29, 1.82) is 0 Å². The molecule has 1 rings (SSSR count). The fourth-order valence-electron chi connectivity index (χ4n) is 1.47. The van der Waals surface area contributed by atoms with Crippen LogP contribution in [0, 0.1) is 0 Å². The van der Waals surface area contributed by atoms with Gasteiger partial charge in [-0.2, -0.15) is 0 Å². The molecule has 0 unspecified atom stereocenters. The second kappa shape index (κ2) is 2.89. The van der Waals surface area contributed by atoms with Gasteiger partial charge in [0.05, 0.1) is 5.66 Å². The van der Waals surface area contributed by atoms with Crippen LogP contribution in [0.1, 0.15) is 33.1 Å². The number of piperidine rings is 1. The van der Waals surface area contributed by atoms with E-state index in [2.05, 4.69) is 18.7 Å². The lowest BCUT2D eigenvalue weighted by molar-refractivity contribution is 0.101. The maximum atomic E-state index is 5.94. The highest BCUT2D eigenvalue weighted by molar-refractivity contribution is 4.76. The van der Waals surface area contributed by atoms with E-state index in [1.165, 1.54) is 32.4 Å². The van der Waals surface area contributed by atoms with Gasteiger partial charge in [-0.05, 0) is 39.8 Å². The molecule has 2 nitrogen and oxygen atoms in total. The summed E-state index contributed by atoms with van der Waals surface area (Å²) in [5.41, 5.74) is 5.84. The molecule has 1 heterocycles. The minimum absolute atomic E-state index is 0.0968. The largest absolute Gasteiger partial charge is 0.314 e. The predicted molar refractivity (Wildman–Crippen MR) is 43.7 cm³/mol. The summed E-state index contributed by atoms with van der Waals surface area (Å²) in [5, 5.41) is 0. The molecule has 0 amide bonds. The molecule has 1 saturated heterocycles. The molecule has 0 aromatic rings. The zero-order chi connectivity index (χ0) is 7.61. The lowest BCUT2D eigenvalue weighted by atomic mass is 10.1. The molecule has 1 aliphatic rings. The highest BCUT2D eigenvalue weighted by atomic mass is 15.3. The van der Waals surface area contributed by atoms with Gasteiger partial charge in [-0.3, -0.25) is 4.90 Å². The minimum atomic E-state index is -0.0968. The highest BCUT2D eigenvalue weighted by Crippen LogP contribution is 2.15. The van der Waals surface area contributed by atoms with Crippen LogP contribution in [0.3, 0.4) is 0 Å². The molecule has 2 heteroatoms. The average Bonchev–Trinajstić information content (AvgIpc) is 1.88. The van der Waals surface area contributed by atoms with E-state index in [-0.39, 0.29) is 5.66 Å². The van der Waals surface area contributed by atoms with Crippen molar-refractivity contribution in [2.45, 2.75) is 38.8 Å². The molecule has 0 aromatic heterocycles. The molecule has 0 aliphatic carbocycles. The van der Waals surface area contributed by atoms with Gasteiger partial charge in [-0.15, -0.1) is 0 Å². The van der Waals surface area contributed by atoms with E-state index in [4.69, 9.17) is 5.73 Å². The van der Waals surface area contributed by atoms with Crippen LogP contribution < -0.4 is 5.73 Å². The third-order valence-electron chi connectivity index (χ3n) is 2.17. The Labute approximate surface area is 63.4 Å². The second-order valence-electron chi connectivity index (χ2n) is 3.70. The Hall–Kier alpha value is -0.0800. The van der Waals surface area contributed by atoms with Gasteiger partial charge in [0.25, 0.3) is 0 Å². The first kappa shape index (κ1) is 8.02. The number of nitrogens with two attached hydrogens (primary N) is 1. The summed E-state index contributed by atoms with van der Waals surface area (Å²) in [6, 6.07) is 0. The van der Waals surface area contributed by atoms with Crippen LogP contribution >= 0.6 is 0 Å². The fourth-order valence-corrected chi connectivity index (χ4v) is 1.47. The first-order valence-corrected chi connectivity index (χ1v) is 4.14. The van der Waals surface area contributed by atoms with Crippen LogP contribution in [0.15, 0.2) is 0 Å². The van der Waals surface area contributed by atoms with Crippen molar-refractivity contribution < 1.29 is 0 Å². The molecule has 10 heavy (non-hydrogen) atoms. The summed E-state index contributed by atoms with van der Waals surface area (Å²) >= 11 is 0. The van der Waals surface area contributed by atoms with Crippen LogP contribution in [-0.4, -0.2) is 23.7 Å². The summed E-state index contributed by atoms with van der Waals surface area (Å²) < 4.78 is 0. The van der Waals surface area contributed by atoms with Crippen molar-refractivity contribution in [1.82, 2.24) is 4.90 Å². The topological polar surface area (TPSA) is 29.3 Å². The van der Waals surface area contributed by atoms with Crippen LogP contribution in [0.25, 0.3) is 0 Å². The monoisotopic (exact) mass is 142 g/mol. The van der Waals surface area contributed by atoms with Crippen molar-refractivity contribution in [2.24, 2.45) is 5.73 Å². The lowest BCUT2D eigenvalue weighted by Crippen LogP contribution is -2.53. The van der Waals surface area contributed by atoms with Crippen LogP contribution in [0.4, 0.5) is 0 Å². The maximum absolute atomic E-state index is 5.94. The quantitative estimate of drug-likeness (QED) is 0.595. The van der Waals surface area contributed by atoms with E-state index in [1.807, 2.05) is 0 Å². The van der Waals surface area contributed by atoms with Gasteiger partial charge in [0.1, 0.15) is 0 Å². The lowest BCUT2D eigenvalue weighted by Gasteiger charge is -2.37. The zero-order valence-corrected chi connectivity index (χ0v) is 7.06. The predicted octanol–water partition coefficient (Wildman–Crippen LogP) is 1.17. The summed E-state index contributed by atoms with van der Waals surface area (Å²) in [5.74, 6) is 0. The van der Waals surface area contributed by atoms with Crippen LogP contribution in [0.2, 0.25) is 0 Å². The highest BCUT2D eigenvalue weighted by Gasteiger charge is 2.22. The van der Waals surface area contributed by atoms with Crippen molar-refractivity contribution >= 4 is 0 Å². The van der Waals surface area contributed by atoms with Gasteiger partial charge in [0.2, 0.25) is 0 Å². The fraction of sp³-hybridized carbons (Fsp3) is 1.00. The van der Waals surface area contributed by atoms with E-state index in [0.29, 0.717) is 0 Å². The van der Waals surface area contributed by atoms with Crippen molar-refractivity contribution in [3.05, 3.63) is 0 Å². The molecule has 1 fully saturated rings. The second-order valence-corrected chi connectivity index (χ2v) is 3.70. The summed E-state index contributed by atoms with van der Waals surface area (Å²) in [6.45, 7) is 6.53. The molecular weight excluding hydrogens is 124 g/mol. The molecule has 0 spiro atoms. The van der Waals surface area contributed by atoms with Gasteiger partial charge < -0.3 is 5.73 Å². The zero-order valence-electron chi connectivity index (χ0n) is 7.06. The third kappa shape index (κ3) is 1.96. The van der Waals surface area contributed by atoms with E-state index in [9.17, 15) is 0 Å². The first-order valence-electron chi connectivity index (χ1n) is 4.14. The summed E-state index contributed by atoms with van der Waals surface area (Å²) in [6.07, 6.45) is 4.02. The Morgan fingerprint density at radius 3 is 1.90 bits per heavy atom. The van der Waals surface area contributed by atoms with E-state index >= 15 is 0 Å². The van der Waals surface area contributed by atoms with Crippen molar-refractivity contribution in [2.75, 3.05) is 13.1 Å². The van der Waals surface area contributed by atoms with E-state index in [0.717, 1.165) is 0 Å². The minimum Gasteiger partial charge on any atom is -0.314 e. The summed E-state index contributed by atoms with van der Waals surface area (Å²) in [4.78, 5) is 2.36. The van der Waals surface area contributed by atoms with Crippen LogP contribution in [0.5, 0.6) is 0 Å². The Bertz CT molecular complexity index is 98.3. The number of hydrogen-bond donors (Lipinski definition) is 1. The SMILES string of the molecule is CC(C)(N)N1CCCCC1. The Morgan fingerprint density at radius 1 is 1.10 bits per heavy atom. The van der Waals surface area contributed by atoms with Crippen molar-refractivity contribution in [3.8, 4) is 0 Å². The third-order valence-corrected chi connectivity index (χ3v) is 2.17. The number of likely N-dealkylation sites (tertiary alicyclic amines) is 1. The Balaban J connectivity index is 2.39. The molecule has 0 saturated carbocycles. The summed E-state index contributed by atoms with van der Waals surface area (Å²) in [7, 11) is 0. The Morgan fingerprint density at radius 2 is 1.60 bits per heavy atom. The molecule has 2 N–H and O–H groups in total. The van der Waals surface area contributed by atoms with Crippen molar-refractivity contribution in [3.63, 3.8) is 0 Å². The first-order chi connectivity index (χ1) is 4.61. The number of nitrogens with zero attached hydrogens (tertiary/aromatic N) is 1. The van der Waals surface area contributed by atoms with Gasteiger partial charge in [-0.25, -0.2) is 0 Å². The van der Waals surface area contributed by atoms with E-state index < -0.39 is 0 Å². The molecule has 0 aromatic carbocycles. The molecule has 0 bridgehead atoms. The van der Waals surface area contributed by atoms with Gasteiger partial charge in [0.15, 0.2) is 0 Å². The molecule has 60 valence electrons. The van der Waals surface area contributed by atoms with Gasteiger partial charge >= 0.3 is 0 Å². The molecular formula is C8H18N2. The average molecular weight is 142 g/mol. The molecule has 0 atom stereocenters. The number of rotatable bonds is 1. The standard InChI is InChI=1S/C8H18N2/c1-8(2,9)10-6-4-3-5-7-10/h3-7,9H2,1-2H3. The van der Waals surface area contributed by atoms with Gasteiger partial charge in [-0.1, -0.05) is 6.42 Å². The normalized spacial score (nSPS) is 23.1. The van der Waals surface area contributed by atoms with Gasteiger partial charge in [0, 0.05) is 0 Å². The van der Waals surface area contributed by atoms with E-state index in [1.54, 1.807) is 0 Å². The number of hydrogen-bond acceptors (Lipinski definition) is 2. The smallest absolute Gasteiger partial charge is 0.0629 e. The van der Waals surface area contributed by atoms with Crippen LogP contribution in [-0.2, 0) is 0 Å². The Kier molecular flexibility index (Phi) is 2.32.